The monoisotopic (exact) mass is 364 g/mol. The van der Waals surface area contributed by atoms with Gasteiger partial charge in [-0.05, 0) is 25.7 Å². The number of nitrogens with zero attached hydrogens (tertiary/aromatic N) is 2. The molecule has 0 aromatic rings. The lowest BCUT2D eigenvalue weighted by atomic mass is 9.96. The van der Waals surface area contributed by atoms with E-state index in [0.717, 1.165) is 51.4 Å². The van der Waals surface area contributed by atoms with Crippen molar-refractivity contribution in [2.75, 3.05) is 0 Å². The molecule has 2 saturated carbocycles. The van der Waals surface area contributed by atoms with Crippen LogP contribution in [-0.2, 0) is 19.2 Å². The van der Waals surface area contributed by atoms with Gasteiger partial charge in [0, 0.05) is 25.7 Å². The van der Waals surface area contributed by atoms with Gasteiger partial charge < -0.3 is 9.47 Å². The molecule has 0 heterocycles. The van der Waals surface area contributed by atoms with Crippen LogP contribution in [0.2, 0.25) is 0 Å². The van der Waals surface area contributed by atoms with Crippen LogP contribution in [0.15, 0.2) is 0 Å². The maximum atomic E-state index is 11.8. The van der Waals surface area contributed by atoms with Crippen molar-refractivity contribution in [3.63, 3.8) is 0 Å². The molecule has 2 aliphatic carbocycles. The molecule has 2 aliphatic rings. The van der Waals surface area contributed by atoms with Crippen LogP contribution in [0, 0.1) is 22.7 Å². The highest BCUT2D eigenvalue weighted by molar-refractivity contribution is 5.64. The van der Waals surface area contributed by atoms with Gasteiger partial charge in [0.15, 0.2) is 0 Å². The minimum atomic E-state index is -1.27. The summed E-state index contributed by atoms with van der Waals surface area (Å²) < 4.78 is 10.2. The Balaban J connectivity index is 1.83. The molecule has 0 bridgehead atoms. The molecule has 0 aromatic carbocycles. The van der Waals surface area contributed by atoms with E-state index in [1.54, 1.807) is 0 Å². The van der Waals surface area contributed by atoms with Gasteiger partial charge in [0.25, 0.3) is 0 Å². The maximum Gasteiger partial charge on any atom is 0.551 e. The number of rotatable bonds is 2. The quantitative estimate of drug-likeness (QED) is 0.305. The molecule has 0 amide bonds. The van der Waals surface area contributed by atoms with Crippen molar-refractivity contribution >= 4 is 12.3 Å². The summed E-state index contributed by atoms with van der Waals surface area (Å²) in [4.78, 5) is 32.3. The first-order chi connectivity index (χ1) is 12.5. The Morgan fingerprint density at radius 3 is 1.19 bits per heavy atom. The van der Waals surface area contributed by atoms with E-state index in [0.29, 0.717) is 25.7 Å². The minimum absolute atomic E-state index is 0.417. The molecule has 0 spiro atoms. The third-order valence-electron chi connectivity index (χ3n) is 4.97. The second-order valence-electron chi connectivity index (χ2n) is 6.91. The predicted octanol–water partition coefficient (Wildman–Crippen LogP) is 4.44. The lowest BCUT2D eigenvalue weighted by Crippen LogP contribution is -2.35. The Kier molecular flexibility index (Phi) is 7.08. The molecule has 8 nitrogen and oxygen atoms in total. The number of ether oxygens (including phenoxy) is 2. The summed E-state index contributed by atoms with van der Waals surface area (Å²) in [5.74, 6) is 0. The summed E-state index contributed by atoms with van der Waals surface area (Å²) in [7, 11) is 0. The van der Waals surface area contributed by atoms with Gasteiger partial charge in [-0.25, -0.2) is 0 Å². The summed E-state index contributed by atoms with van der Waals surface area (Å²) in [6.07, 6.45) is 6.12. The third kappa shape index (κ3) is 5.52. The molecular weight excluding hydrogens is 340 g/mol. The van der Waals surface area contributed by atoms with Crippen LogP contribution in [0.1, 0.15) is 77.0 Å². The number of carbonyl (C=O) groups excluding carboxylic acids is 2. The molecule has 0 radical (unpaired) electrons. The molecule has 8 heteroatoms. The average Bonchev–Trinajstić information content (AvgIpc) is 3.02. The normalized spacial score (nSPS) is 21.6. The van der Waals surface area contributed by atoms with Gasteiger partial charge in [-0.3, -0.25) is 0 Å². The smallest absolute Gasteiger partial charge is 0.410 e. The Bertz CT molecular complexity index is 523. The van der Waals surface area contributed by atoms with E-state index in [1.807, 2.05) is 12.1 Å². The molecule has 26 heavy (non-hydrogen) atoms. The maximum absolute atomic E-state index is 11.8. The van der Waals surface area contributed by atoms with Crippen molar-refractivity contribution in [2.45, 2.75) is 88.3 Å². The highest BCUT2D eigenvalue weighted by Gasteiger charge is 2.38. The third-order valence-corrected chi connectivity index (χ3v) is 4.97. The largest absolute Gasteiger partial charge is 0.551 e. The molecule has 0 saturated heterocycles. The fraction of sp³-hybridized carbons (Fsp3) is 0.778. The van der Waals surface area contributed by atoms with Gasteiger partial charge in [0.05, 0.1) is 0 Å². The molecule has 2 rings (SSSR count). The van der Waals surface area contributed by atoms with Crippen LogP contribution in [0.25, 0.3) is 0 Å². The van der Waals surface area contributed by atoms with E-state index in [9.17, 15) is 20.1 Å². The van der Waals surface area contributed by atoms with E-state index < -0.39 is 23.5 Å². The summed E-state index contributed by atoms with van der Waals surface area (Å²) in [6, 6.07) is 4.05. The summed E-state index contributed by atoms with van der Waals surface area (Å²) in [6.45, 7) is 0. The number of hydrogen-bond donors (Lipinski definition) is 0. The lowest BCUT2D eigenvalue weighted by molar-refractivity contribution is -0.232. The van der Waals surface area contributed by atoms with Crippen LogP contribution in [-0.4, -0.2) is 23.5 Å². The zero-order chi connectivity index (χ0) is 18.9. The SMILES string of the molecule is N#CC1(OC(=O)OOC(=O)OC2(C#N)CCCCCC2)CCCCCC1. The van der Waals surface area contributed by atoms with Gasteiger partial charge in [-0.2, -0.15) is 29.9 Å². The summed E-state index contributed by atoms with van der Waals surface area (Å²) in [5.41, 5.74) is -2.51. The van der Waals surface area contributed by atoms with Crippen molar-refractivity contribution in [3.8, 4) is 12.1 Å². The first-order valence-corrected chi connectivity index (χ1v) is 9.16. The molecule has 0 unspecified atom stereocenters. The molecule has 142 valence electrons. The fourth-order valence-corrected chi connectivity index (χ4v) is 3.49. The topological polar surface area (TPSA) is 119 Å². The molecular formula is C18H24N2O6. The van der Waals surface area contributed by atoms with Crippen molar-refractivity contribution in [3.05, 3.63) is 0 Å². The van der Waals surface area contributed by atoms with Crippen LogP contribution >= 0.6 is 0 Å². The zero-order valence-corrected chi connectivity index (χ0v) is 14.8. The number of nitriles is 2. The van der Waals surface area contributed by atoms with E-state index in [1.165, 1.54) is 0 Å². The summed E-state index contributed by atoms with van der Waals surface area (Å²) in [5, 5.41) is 18.7. The standard InChI is InChI=1S/C18H24N2O6/c19-13-17(9-5-1-2-6-10-17)23-15(21)25-26-16(22)24-18(14-20)11-7-3-4-8-12-18/h1-12H2. The van der Waals surface area contributed by atoms with Gasteiger partial charge in [-0.1, -0.05) is 25.7 Å². The summed E-state index contributed by atoms with van der Waals surface area (Å²) >= 11 is 0. The van der Waals surface area contributed by atoms with E-state index >= 15 is 0 Å². The van der Waals surface area contributed by atoms with E-state index in [-0.39, 0.29) is 0 Å². The average molecular weight is 364 g/mol. The molecule has 0 atom stereocenters. The minimum Gasteiger partial charge on any atom is -0.410 e. The van der Waals surface area contributed by atoms with Crippen LogP contribution in [0.4, 0.5) is 9.59 Å². The van der Waals surface area contributed by atoms with Gasteiger partial charge in [0.1, 0.15) is 12.1 Å². The first kappa shape index (κ1) is 19.8. The first-order valence-electron chi connectivity index (χ1n) is 9.16. The van der Waals surface area contributed by atoms with Crippen LogP contribution in [0.3, 0.4) is 0 Å². The van der Waals surface area contributed by atoms with Crippen LogP contribution in [0.5, 0.6) is 0 Å². The van der Waals surface area contributed by atoms with E-state index in [4.69, 9.17) is 9.47 Å². The van der Waals surface area contributed by atoms with Crippen molar-refractivity contribution in [2.24, 2.45) is 0 Å². The molecule has 0 aromatic heterocycles. The van der Waals surface area contributed by atoms with Gasteiger partial charge in [-0.15, -0.1) is 0 Å². The number of carbonyl (C=O) groups is 2. The van der Waals surface area contributed by atoms with E-state index in [2.05, 4.69) is 9.78 Å². The number of hydrogen-bond acceptors (Lipinski definition) is 8. The van der Waals surface area contributed by atoms with Crippen molar-refractivity contribution < 1.29 is 28.8 Å². The molecule has 0 N–H and O–H groups in total. The second-order valence-corrected chi connectivity index (χ2v) is 6.91. The zero-order valence-electron chi connectivity index (χ0n) is 14.8. The Labute approximate surface area is 152 Å². The van der Waals surface area contributed by atoms with Crippen molar-refractivity contribution in [1.29, 1.82) is 10.5 Å². The predicted molar refractivity (Wildman–Crippen MR) is 87.2 cm³/mol. The fourth-order valence-electron chi connectivity index (χ4n) is 3.49. The highest BCUT2D eigenvalue weighted by Crippen LogP contribution is 2.31. The molecule has 0 aliphatic heterocycles. The Morgan fingerprint density at radius 1 is 0.615 bits per heavy atom. The second kappa shape index (κ2) is 9.28. The highest BCUT2D eigenvalue weighted by atomic mass is 17.3. The Hall–Kier alpha value is -2.48. The Morgan fingerprint density at radius 2 is 0.923 bits per heavy atom. The molecule has 2 fully saturated rings. The van der Waals surface area contributed by atoms with Crippen molar-refractivity contribution in [1.82, 2.24) is 0 Å². The van der Waals surface area contributed by atoms with Crippen LogP contribution < -0.4 is 0 Å². The van der Waals surface area contributed by atoms with Gasteiger partial charge in [0.2, 0.25) is 11.2 Å². The van der Waals surface area contributed by atoms with Gasteiger partial charge >= 0.3 is 12.3 Å². The lowest BCUT2D eigenvalue weighted by Gasteiger charge is -2.24.